The van der Waals surface area contributed by atoms with Crippen molar-refractivity contribution >= 4 is 10.9 Å². The van der Waals surface area contributed by atoms with Crippen LogP contribution >= 0.6 is 0 Å². The summed E-state index contributed by atoms with van der Waals surface area (Å²) in [6.45, 7) is 12.9. The van der Waals surface area contributed by atoms with Crippen LogP contribution in [0.15, 0.2) is 67.1 Å². The Morgan fingerprint density at radius 3 is 2.09 bits per heavy atom. The maximum Gasteiger partial charge on any atom is 2.00 e. The molecule has 4 heterocycles. The molecule has 7 nitrogen and oxygen atoms in total. The second-order valence-corrected chi connectivity index (χ2v) is 10.2. The first kappa shape index (κ1) is 26.4. The Morgan fingerprint density at radius 2 is 1.46 bits per heavy atom. The SMILES string of the molecule is CC(C)(C)c1cc(-c2nccc(-c3[n-]nc4ccccc34)n2)[n-]n1.CC(C)(C)c1ccncc1.[Pt+2]. The summed E-state index contributed by atoms with van der Waals surface area (Å²) in [5.74, 6) is 0.544. The van der Waals surface area contributed by atoms with E-state index in [1.165, 1.54) is 5.56 Å². The number of hydrogen-bond acceptors (Lipinski definition) is 5. The Balaban J connectivity index is 0.000000264. The van der Waals surface area contributed by atoms with Gasteiger partial charge in [0.15, 0.2) is 0 Å². The summed E-state index contributed by atoms with van der Waals surface area (Å²) in [5, 5.41) is 17.9. The van der Waals surface area contributed by atoms with Gasteiger partial charge in [0.25, 0.3) is 0 Å². The van der Waals surface area contributed by atoms with Crippen LogP contribution in [0.3, 0.4) is 0 Å². The van der Waals surface area contributed by atoms with Crippen molar-refractivity contribution in [3.8, 4) is 22.9 Å². The van der Waals surface area contributed by atoms with Crippen molar-refractivity contribution in [3.05, 3.63) is 78.4 Å². The fourth-order valence-electron chi connectivity index (χ4n) is 3.34. The van der Waals surface area contributed by atoms with Crippen LogP contribution in [0.1, 0.15) is 52.8 Å². The molecule has 5 rings (SSSR count). The molecule has 0 unspecified atom stereocenters. The molecular weight excluding hydrogens is 617 g/mol. The van der Waals surface area contributed by atoms with Crippen LogP contribution in [0.2, 0.25) is 0 Å². The molecule has 4 aromatic heterocycles. The largest absolute Gasteiger partial charge is 2.00 e. The van der Waals surface area contributed by atoms with Crippen LogP contribution in [0.25, 0.3) is 33.8 Å². The van der Waals surface area contributed by atoms with E-state index in [2.05, 4.69) is 89.0 Å². The minimum absolute atomic E-state index is 0. The average Bonchev–Trinajstić information content (AvgIpc) is 3.48. The van der Waals surface area contributed by atoms with E-state index in [0.717, 1.165) is 28.0 Å². The van der Waals surface area contributed by atoms with Crippen LogP contribution in [-0.4, -0.2) is 25.1 Å². The Kier molecular flexibility index (Phi) is 8.01. The Labute approximate surface area is 220 Å². The standard InChI is InChI=1S/C18H16N6.C9H13N.Pt/c1-18(2,3)15-10-14(22-23-15)17-19-9-8-13(20-17)16-11-6-4-5-7-12(11)21-24-16;1-9(2,3)8-4-6-10-7-5-8;/h4-10H,1-3H3;4-7H,1-3H3;/q-2;;+2. The average molecular weight is 647 g/mol. The van der Waals surface area contributed by atoms with Crippen LogP contribution < -0.4 is 10.2 Å². The topological polar surface area (TPSA) is 92.7 Å². The van der Waals surface area contributed by atoms with Crippen molar-refractivity contribution in [1.82, 2.24) is 35.3 Å². The van der Waals surface area contributed by atoms with E-state index < -0.39 is 0 Å². The molecular formula is C27H29N7Pt. The summed E-state index contributed by atoms with van der Waals surface area (Å²) in [5.41, 5.74) is 5.46. The van der Waals surface area contributed by atoms with E-state index in [9.17, 15) is 0 Å². The molecule has 0 spiro atoms. The third-order valence-corrected chi connectivity index (χ3v) is 5.40. The molecule has 0 amide bonds. The second kappa shape index (κ2) is 10.6. The zero-order chi connectivity index (χ0) is 24.3. The first-order valence-corrected chi connectivity index (χ1v) is 11.3. The number of pyridine rings is 1. The van der Waals surface area contributed by atoms with Crippen molar-refractivity contribution in [3.63, 3.8) is 0 Å². The third kappa shape index (κ3) is 6.28. The summed E-state index contributed by atoms with van der Waals surface area (Å²) >= 11 is 0. The fraction of sp³-hybridized carbons (Fsp3) is 0.296. The van der Waals surface area contributed by atoms with Gasteiger partial charge in [0.2, 0.25) is 0 Å². The molecule has 0 aliphatic carbocycles. The summed E-state index contributed by atoms with van der Waals surface area (Å²) in [4.78, 5) is 12.9. The zero-order valence-electron chi connectivity index (χ0n) is 20.8. The van der Waals surface area contributed by atoms with E-state index in [4.69, 9.17) is 0 Å². The quantitative estimate of drug-likeness (QED) is 0.256. The molecule has 182 valence electrons. The monoisotopic (exact) mass is 646 g/mol. The van der Waals surface area contributed by atoms with Gasteiger partial charge >= 0.3 is 21.1 Å². The number of nitrogens with zero attached hydrogens (tertiary/aromatic N) is 7. The van der Waals surface area contributed by atoms with Gasteiger partial charge in [0, 0.05) is 35.2 Å². The van der Waals surface area contributed by atoms with Crippen LogP contribution in [0.4, 0.5) is 0 Å². The minimum atomic E-state index is -0.0593. The first-order valence-electron chi connectivity index (χ1n) is 11.3. The molecule has 0 fully saturated rings. The Hall–Kier alpha value is -3.18. The summed E-state index contributed by atoms with van der Waals surface area (Å²) in [6.07, 6.45) is 5.38. The molecule has 0 atom stereocenters. The van der Waals surface area contributed by atoms with Gasteiger partial charge in [-0.3, -0.25) is 4.98 Å². The molecule has 0 N–H and O–H groups in total. The van der Waals surface area contributed by atoms with Gasteiger partial charge in [-0.05, 0) is 40.6 Å². The van der Waals surface area contributed by atoms with Gasteiger partial charge in [-0.2, -0.15) is 0 Å². The number of benzene rings is 1. The van der Waals surface area contributed by atoms with Gasteiger partial charge in [-0.1, -0.05) is 77.2 Å². The molecule has 0 aliphatic heterocycles. The maximum atomic E-state index is 4.61. The fourth-order valence-corrected chi connectivity index (χ4v) is 3.34. The third-order valence-electron chi connectivity index (χ3n) is 5.40. The van der Waals surface area contributed by atoms with E-state index in [0.29, 0.717) is 11.5 Å². The van der Waals surface area contributed by atoms with E-state index in [-0.39, 0.29) is 31.9 Å². The molecule has 0 aliphatic rings. The van der Waals surface area contributed by atoms with Gasteiger partial charge < -0.3 is 20.4 Å². The predicted molar refractivity (Wildman–Crippen MR) is 134 cm³/mol. The van der Waals surface area contributed by atoms with Gasteiger partial charge in [-0.25, -0.2) is 9.97 Å². The van der Waals surface area contributed by atoms with Crippen molar-refractivity contribution in [2.24, 2.45) is 0 Å². The molecule has 5 aromatic rings. The van der Waals surface area contributed by atoms with Crippen LogP contribution in [0.5, 0.6) is 0 Å². The summed E-state index contributed by atoms with van der Waals surface area (Å²) in [7, 11) is 0. The molecule has 0 saturated heterocycles. The van der Waals surface area contributed by atoms with Crippen molar-refractivity contribution in [2.75, 3.05) is 0 Å². The molecule has 0 radical (unpaired) electrons. The first-order chi connectivity index (χ1) is 16.1. The number of hydrogen-bond donors (Lipinski definition) is 0. The normalized spacial score (nSPS) is 11.5. The van der Waals surface area contributed by atoms with Gasteiger partial charge in [0.05, 0.1) is 5.69 Å². The van der Waals surface area contributed by atoms with Gasteiger partial charge in [0.1, 0.15) is 5.82 Å². The minimum Gasteiger partial charge on any atom is -0.573 e. The van der Waals surface area contributed by atoms with Crippen LogP contribution in [0, 0.1) is 0 Å². The number of aromatic nitrogens is 7. The van der Waals surface area contributed by atoms with E-state index >= 15 is 0 Å². The van der Waals surface area contributed by atoms with Gasteiger partial charge in [-0.15, -0.1) is 0 Å². The van der Waals surface area contributed by atoms with Crippen molar-refractivity contribution in [2.45, 2.75) is 52.4 Å². The maximum absolute atomic E-state index is 4.61. The van der Waals surface area contributed by atoms with Crippen molar-refractivity contribution < 1.29 is 21.1 Å². The molecule has 35 heavy (non-hydrogen) atoms. The smallest absolute Gasteiger partial charge is 0.573 e. The summed E-state index contributed by atoms with van der Waals surface area (Å²) in [6, 6.07) is 15.7. The second-order valence-electron chi connectivity index (χ2n) is 10.2. The summed E-state index contributed by atoms with van der Waals surface area (Å²) < 4.78 is 0. The Morgan fingerprint density at radius 1 is 0.743 bits per heavy atom. The number of fused-ring (bicyclic) bond motifs is 1. The van der Waals surface area contributed by atoms with Crippen molar-refractivity contribution in [1.29, 1.82) is 0 Å². The Bertz CT molecular complexity index is 1380. The molecule has 0 saturated carbocycles. The van der Waals surface area contributed by atoms with Crippen LogP contribution in [-0.2, 0) is 31.9 Å². The van der Waals surface area contributed by atoms with E-state index in [1.807, 2.05) is 48.8 Å². The molecule has 8 heteroatoms. The molecule has 0 bridgehead atoms. The predicted octanol–water partition coefficient (Wildman–Crippen LogP) is 5.34. The zero-order valence-corrected chi connectivity index (χ0v) is 23.1. The van der Waals surface area contributed by atoms with E-state index in [1.54, 1.807) is 6.20 Å². The number of rotatable bonds is 2. The molecule has 1 aromatic carbocycles.